The second-order valence-electron chi connectivity index (χ2n) is 6.75. The summed E-state index contributed by atoms with van der Waals surface area (Å²) in [5, 5.41) is 14.9. The number of carbonyl (C=O) groups is 1. The third kappa shape index (κ3) is 3.76. The SMILES string of the molecule is CCC#Cc1ccc(C(=O)O)c2c1cnn2Cc1ccc(-c2ccccc2)cc1. The maximum absolute atomic E-state index is 11.8. The first-order chi connectivity index (χ1) is 14.2. The molecular formula is C25H20N2O2. The van der Waals surface area contributed by atoms with Crippen molar-refractivity contribution in [2.24, 2.45) is 0 Å². The number of hydrogen-bond donors (Lipinski definition) is 1. The number of rotatable bonds is 4. The zero-order chi connectivity index (χ0) is 20.2. The molecule has 0 atom stereocenters. The van der Waals surface area contributed by atoms with E-state index in [4.69, 9.17) is 0 Å². The molecule has 3 aromatic carbocycles. The van der Waals surface area contributed by atoms with E-state index in [1.165, 1.54) is 0 Å². The largest absolute Gasteiger partial charge is 0.478 e. The number of nitrogens with zero attached hydrogens (tertiary/aromatic N) is 2. The van der Waals surface area contributed by atoms with E-state index >= 15 is 0 Å². The Morgan fingerprint density at radius 1 is 1.00 bits per heavy atom. The Balaban J connectivity index is 1.72. The van der Waals surface area contributed by atoms with Gasteiger partial charge in [-0.25, -0.2) is 4.79 Å². The molecule has 4 aromatic rings. The quantitative estimate of drug-likeness (QED) is 0.494. The van der Waals surface area contributed by atoms with Gasteiger partial charge in [-0.3, -0.25) is 4.68 Å². The van der Waals surface area contributed by atoms with Gasteiger partial charge < -0.3 is 5.11 Å². The van der Waals surface area contributed by atoms with E-state index < -0.39 is 5.97 Å². The molecule has 4 rings (SSSR count). The van der Waals surface area contributed by atoms with Gasteiger partial charge in [-0.05, 0) is 28.8 Å². The minimum Gasteiger partial charge on any atom is -0.478 e. The van der Waals surface area contributed by atoms with Crippen molar-refractivity contribution in [1.29, 1.82) is 0 Å². The number of benzene rings is 3. The van der Waals surface area contributed by atoms with Crippen molar-refractivity contribution in [2.75, 3.05) is 0 Å². The van der Waals surface area contributed by atoms with Crippen LogP contribution in [0.5, 0.6) is 0 Å². The average Bonchev–Trinajstić information content (AvgIpc) is 3.17. The monoisotopic (exact) mass is 380 g/mol. The summed E-state index contributed by atoms with van der Waals surface area (Å²) in [5.74, 6) is 5.20. The lowest BCUT2D eigenvalue weighted by Gasteiger charge is -2.08. The fraction of sp³-hybridized carbons (Fsp3) is 0.120. The molecule has 0 radical (unpaired) electrons. The van der Waals surface area contributed by atoms with Crippen molar-refractivity contribution in [1.82, 2.24) is 9.78 Å². The maximum atomic E-state index is 11.8. The van der Waals surface area contributed by atoms with Crippen LogP contribution in [0.1, 0.15) is 34.8 Å². The Labute approximate surface area is 169 Å². The van der Waals surface area contributed by atoms with Crippen LogP contribution in [0.4, 0.5) is 0 Å². The Morgan fingerprint density at radius 2 is 1.72 bits per heavy atom. The molecule has 0 bridgehead atoms. The van der Waals surface area contributed by atoms with Crippen LogP contribution < -0.4 is 0 Å². The zero-order valence-corrected chi connectivity index (χ0v) is 16.1. The van der Waals surface area contributed by atoms with Crippen molar-refractivity contribution in [3.63, 3.8) is 0 Å². The van der Waals surface area contributed by atoms with Gasteiger partial charge in [0.2, 0.25) is 0 Å². The molecule has 0 aliphatic rings. The molecule has 0 spiro atoms. The Bertz CT molecular complexity index is 1230. The first-order valence-corrected chi connectivity index (χ1v) is 9.52. The predicted molar refractivity (Wildman–Crippen MR) is 115 cm³/mol. The summed E-state index contributed by atoms with van der Waals surface area (Å²) in [6, 6.07) is 21.8. The molecule has 1 heterocycles. The molecule has 1 N–H and O–H groups in total. The highest BCUT2D eigenvalue weighted by Crippen LogP contribution is 2.25. The number of carboxylic acids is 1. The van der Waals surface area contributed by atoms with Crippen LogP contribution in [0.15, 0.2) is 72.9 Å². The van der Waals surface area contributed by atoms with Gasteiger partial charge in [0.1, 0.15) is 0 Å². The molecule has 142 valence electrons. The molecule has 0 saturated carbocycles. The highest BCUT2D eigenvalue weighted by Gasteiger charge is 2.16. The molecule has 1 aromatic heterocycles. The molecule has 0 aliphatic carbocycles. The standard InChI is InChI=1S/C25H20N2O2/c1-2-3-7-21-14-15-22(25(28)29)24-23(21)16-26-27(24)17-18-10-12-20(13-11-18)19-8-5-4-6-9-19/h4-6,8-16H,2,17H2,1H3,(H,28,29). The Hall–Kier alpha value is -3.84. The zero-order valence-electron chi connectivity index (χ0n) is 16.1. The van der Waals surface area contributed by atoms with Gasteiger partial charge in [-0.1, -0.05) is 73.4 Å². The van der Waals surface area contributed by atoms with Crippen molar-refractivity contribution in [2.45, 2.75) is 19.9 Å². The van der Waals surface area contributed by atoms with Gasteiger partial charge in [0, 0.05) is 17.4 Å². The molecule has 0 saturated heterocycles. The first kappa shape index (κ1) is 18.5. The number of aromatic carboxylic acids is 1. The summed E-state index contributed by atoms with van der Waals surface area (Å²) in [7, 11) is 0. The van der Waals surface area contributed by atoms with E-state index in [2.05, 4.69) is 53.3 Å². The van der Waals surface area contributed by atoms with E-state index in [9.17, 15) is 9.90 Å². The van der Waals surface area contributed by atoms with Gasteiger partial charge in [0.05, 0.1) is 23.8 Å². The van der Waals surface area contributed by atoms with Gasteiger partial charge in [-0.15, -0.1) is 0 Å². The van der Waals surface area contributed by atoms with Crippen molar-refractivity contribution in [3.05, 3.63) is 89.6 Å². The summed E-state index contributed by atoms with van der Waals surface area (Å²) in [4.78, 5) is 11.8. The molecular weight excluding hydrogens is 360 g/mol. The van der Waals surface area contributed by atoms with Crippen LogP contribution in [-0.4, -0.2) is 20.9 Å². The van der Waals surface area contributed by atoms with Crippen LogP contribution in [0.25, 0.3) is 22.0 Å². The lowest BCUT2D eigenvalue weighted by atomic mass is 10.0. The maximum Gasteiger partial charge on any atom is 0.337 e. The number of hydrogen-bond acceptors (Lipinski definition) is 2. The second kappa shape index (κ2) is 8.04. The summed E-state index contributed by atoms with van der Waals surface area (Å²) in [5.41, 5.74) is 5.00. The minimum absolute atomic E-state index is 0.237. The van der Waals surface area contributed by atoms with Crippen LogP contribution >= 0.6 is 0 Å². The fourth-order valence-electron chi connectivity index (χ4n) is 3.39. The lowest BCUT2D eigenvalue weighted by molar-refractivity contribution is 0.0698. The molecule has 4 heteroatoms. The van der Waals surface area contributed by atoms with Crippen LogP contribution in [-0.2, 0) is 6.54 Å². The second-order valence-corrected chi connectivity index (χ2v) is 6.75. The molecule has 0 amide bonds. The lowest BCUT2D eigenvalue weighted by Crippen LogP contribution is -2.06. The molecule has 0 unspecified atom stereocenters. The Morgan fingerprint density at radius 3 is 2.41 bits per heavy atom. The van der Waals surface area contributed by atoms with Crippen LogP contribution in [0, 0.1) is 11.8 Å². The van der Waals surface area contributed by atoms with Crippen LogP contribution in [0.3, 0.4) is 0 Å². The van der Waals surface area contributed by atoms with E-state index in [0.717, 1.165) is 34.1 Å². The number of carboxylic acid groups (broad SMARTS) is 1. The predicted octanol–water partition coefficient (Wildman–Crippen LogP) is 5.21. The van der Waals surface area contributed by atoms with E-state index in [1.54, 1.807) is 23.0 Å². The third-order valence-corrected chi connectivity index (χ3v) is 4.83. The summed E-state index contributed by atoms with van der Waals surface area (Å²) >= 11 is 0. The molecule has 4 nitrogen and oxygen atoms in total. The normalized spacial score (nSPS) is 10.5. The highest BCUT2D eigenvalue weighted by atomic mass is 16.4. The third-order valence-electron chi connectivity index (χ3n) is 4.83. The molecule has 29 heavy (non-hydrogen) atoms. The summed E-state index contributed by atoms with van der Waals surface area (Å²) < 4.78 is 1.74. The summed E-state index contributed by atoms with van der Waals surface area (Å²) in [6.07, 6.45) is 2.45. The molecule has 0 aliphatic heterocycles. The van der Waals surface area contributed by atoms with Gasteiger partial charge in [0.25, 0.3) is 0 Å². The van der Waals surface area contributed by atoms with Crippen molar-refractivity contribution < 1.29 is 9.90 Å². The Kier molecular flexibility index (Phi) is 5.13. The van der Waals surface area contributed by atoms with Crippen LogP contribution in [0.2, 0.25) is 0 Å². The van der Waals surface area contributed by atoms with Crippen molar-refractivity contribution in [3.8, 4) is 23.0 Å². The topological polar surface area (TPSA) is 55.1 Å². The van der Waals surface area contributed by atoms with E-state index in [1.807, 2.05) is 25.1 Å². The molecule has 0 fully saturated rings. The minimum atomic E-state index is -0.967. The van der Waals surface area contributed by atoms with Crippen molar-refractivity contribution >= 4 is 16.9 Å². The van der Waals surface area contributed by atoms with Gasteiger partial charge in [0.15, 0.2) is 0 Å². The smallest absolute Gasteiger partial charge is 0.337 e. The highest BCUT2D eigenvalue weighted by molar-refractivity contribution is 6.03. The number of aromatic nitrogens is 2. The van der Waals surface area contributed by atoms with Gasteiger partial charge >= 0.3 is 5.97 Å². The average molecular weight is 380 g/mol. The summed E-state index contributed by atoms with van der Waals surface area (Å²) in [6.45, 7) is 2.47. The van der Waals surface area contributed by atoms with Gasteiger partial charge in [-0.2, -0.15) is 5.10 Å². The first-order valence-electron chi connectivity index (χ1n) is 9.52. The number of fused-ring (bicyclic) bond motifs is 1. The van der Waals surface area contributed by atoms with E-state index in [-0.39, 0.29) is 5.56 Å². The fourth-order valence-corrected chi connectivity index (χ4v) is 3.39. The van der Waals surface area contributed by atoms with E-state index in [0.29, 0.717) is 12.1 Å².